The smallest absolute Gasteiger partial charge is 0.235 e. The molecule has 0 fully saturated rings. The van der Waals surface area contributed by atoms with Crippen molar-refractivity contribution in [1.82, 2.24) is 14.4 Å². The fourth-order valence-corrected chi connectivity index (χ4v) is 0.818. The highest BCUT2D eigenvalue weighted by Crippen LogP contribution is 1.99. The number of rotatable bonds is 0. The zero-order valence-electron chi connectivity index (χ0n) is 5.23. The number of nitrogen functional groups attached to an aromatic ring is 1. The Labute approximate surface area is 57.3 Å². The zero-order chi connectivity index (χ0) is 6.97. The Bertz CT molecular complexity index is 351. The number of fused-ring (bicyclic) bond motifs is 1. The predicted molar refractivity (Wildman–Crippen MR) is 37.4 cm³/mol. The quantitative estimate of drug-likeness (QED) is 0.564. The average molecular weight is 134 g/mol. The van der Waals surface area contributed by atoms with Crippen LogP contribution in [0.2, 0.25) is 0 Å². The molecule has 50 valence electrons. The first-order chi connectivity index (χ1) is 4.86. The van der Waals surface area contributed by atoms with Crippen LogP contribution in [-0.4, -0.2) is 14.4 Å². The summed E-state index contributed by atoms with van der Waals surface area (Å²) in [4.78, 5) is 7.92. The van der Waals surface area contributed by atoms with E-state index in [-0.39, 0.29) is 0 Å². The minimum atomic E-state index is 0.499. The van der Waals surface area contributed by atoms with Crippen LogP contribution in [0.1, 0.15) is 0 Å². The molecule has 0 amide bonds. The molecule has 2 aromatic heterocycles. The summed E-state index contributed by atoms with van der Waals surface area (Å²) < 4.78 is 1.80. The molecule has 4 nitrogen and oxygen atoms in total. The standard InChI is InChI=1S/C6H6N4/c7-5-1-3-10-4-2-8-6(10)9-5/h1-4H,(H2,7,8,9). The molecule has 0 saturated heterocycles. The largest absolute Gasteiger partial charge is 0.384 e. The second-order valence-corrected chi connectivity index (χ2v) is 1.99. The van der Waals surface area contributed by atoms with Gasteiger partial charge in [0.2, 0.25) is 5.78 Å². The van der Waals surface area contributed by atoms with Crippen molar-refractivity contribution in [2.24, 2.45) is 0 Å². The number of nitrogens with zero attached hydrogens (tertiary/aromatic N) is 3. The number of anilines is 1. The monoisotopic (exact) mass is 134 g/mol. The van der Waals surface area contributed by atoms with Crippen LogP contribution >= 0.6 is 0 Å². The molecule has 2 aromatic rings. The SMILES string of the molecule is Nc1ccn2ccnc2n1. The van der Waals surface area contributed by atoms with E-state index in [0.717, 1.165) is 0 Å². The summed E-state index contributed by atoms with van der Waals surface area (Å²) in [6.07, 6.45) is 5.33. The molecule has 0 saturated carbocycles. The first-order valence-corrected chi connectivity index (χ1v) is 2.91. The predicted octanol–water partition coefficient (Wildman–Crippen LogP) is 0.311. The van der Waals surface area contributed by atoms with Gasteiger partial charge in [-0.15, -0.1) is 0 Å². The highest BCUT2D eigenvalue weighted by Gasteiger charge is 1.92. The van der Waals surface area contributed by atoms with E-state index in [0.29, 0.717) is 11.6 Å². The number of aromatic nitrogens is 3. The maximum atomic E-state index is 5.42. The summed E-state index contributed by atoms with van der Waals surface area (Å²) in [7, 11) is 0. The van der Waals surface area contributed by atoms with Crippen molar-refractivity contribution in [2.45, 2.75) is 0 Å². The molecule has 2 N–H and O–H groups in total. The van der Waals surface area contributed by atoms with E-state index in [2.05, 4.69) is 9.97 Å². The highest BCUT2D eigenvalue weighted by molar-refractivity contribution is 5.37. The first kappa shape index (κ1) is 5.22. The Morgan fingerprint density at radius 2 is 2.30 bits per heavy atom. The lowest BCUT2D eigenvalue weighted by Gasteiger charge is -1.91. The van der Waals surface area contributed by atoms with E-state index in [1.165, 1.54) is 0 Å². The molecular weight excluding hydrogens is 128 g/mol. The number of nitrogens with two attached hydrogens (primary N) is 1. The molecule has 0 spiro atoms. The van der Waals surface area contributed by atoms with Crippen molar-refractivity contribution in [3.63, 3.8) is 0 Å². The van der Waals surface area contributed by atoms with Gasteiger partial charge in [-0.1, -0.05) is 0 Å². The van der Waals surface area contributed by atoms with E-state index in [4.69, 9.17) is 5.73 Å². The van der Waals surface area contributed by atoms with Crippen molar-refractivity contribution in [3.8, 4) is 0 Å². The van der Waals surface area contributed by atoms with Gasteiger partial charge in [-0.25, -0.2) is 4.98 Å². The molecule has 4 heteroatoms. The fraction of sp³-hybridized carbons (Fsp3) is 0. The van der Waals surface area contributed by atoms with Crippen LogP contribution < -0.4 is 5.73 Å². The van der Waals surface area contributed by atoms with Gasteiger partial charge in [0.25, 0.3) is 0 Å². The summed E-state index contributed by atoms with van der Waals surface area (Å²) in [5.74, 6) is 1.14. The van der Waals surface area contributed by atoms with Crippen LogP contribution in [0.5, 0.6) is 0 Å². The number of hydrogen-bond acceptors (Lipinski definition) is 3. The molecular formula is C6H6N4. The second kappa shape index (κ2) is 1.70. The van der Waals surface area contributed by atoms with Crippen molar-refractivity contribution >= 4 is 11.6 Å². The van der Waals surface area contributed by atoms with Gasteiger partial charge in [0.15, 0.2) is 0 Å². The summed E-state index contributed by atoms with van der Waals surface area (Å²) in [6.45, 7) is 0. The topological polar surface area (TPSA) is 56.2 Å². The van der Waals surface area contributed by atoms with Crippen molar-refractivity contribution < 1.29 is 0 Å². The average Bonchev–Trinajstić information content (AvgIpc) is 2.33. The Kier molecular flexibility index (Phi) is 0.887. The fourth-order valence-electron chi connectivity index (χ4n) is 0.818. The molecule has 10 heavy (non-hydrogen) atoms. The highest BCUT2D eigenvalue weighted by atomic mass is 15.1. The maximum Gasteiger partial charge on any atom is 0.235 e. The Balaban J connectivity index is 2.86. The summed E-state index contributed by atoms with van der Waals surface area (Å²) >= 11 is 0. The van der Waals surface area contributed by atoms with E-state index in [1.807, 2.05) is 12.4 Å². The van der Waals surface area contributed by atoms with Gasteiger partial charge in [0, 0.05) is 18.6 Å². The van der Waals surface area contributed by atoms with Crippen LogP contribution in [0.15, 0.2) is 24.7 Å². The van der Waals surface area contributed by atoms with Gasteiger partial charge in [0.05, 0.1) is 0 Å². The third-order valence-corrected chi connectivity index (χ3v) is 1.28. The van der Waals surface area contributed by atoms with Gasteiger partial charge in [0.1, 0.15) is 5.82 Å². The lowest BCUT2D eigenvalue weighted by atomic mass is 10.6. The Morgan fingerprint density at radius 3 is 3.20 bits per heavy atom. The molecule has 0 radical (unpaired) electrons. The third-order valence-electron chi connectivity index (χ3n) is 1.28. The number of imidazole rings is 1. The van der Waals surface area contributed by atoms with Crippen LogP contribution in [-0.2, 0) is 0 Å². The van der Waals surface area contributed by atoms with E-state index >= 15 is 0 Å². The van der Waals surface area contributed by atoms with E-state index in [1.54, 1.807) is 16.7 Å². The summed E-state index contributed by atoms with van der Waals surface area (Å²) in [5, 5.41) is 0. The first-order valence-electron chi connectivity index (χ1n) is 2.91. The minimum Gasteiger partial charge on any atom is -0.384 e. The van der Waals surface area contributed by atoms with Crippen LogP contribution in [0.25, 0.3) is 5.78 Å². The molecule has 2 rings (SSSR count). The maximum absolute atomic E-state index is 5.42. The second-order valence-electron chi connectivity index (χ2n) is 1.99. The molecule has 0 aliphatic heterocycles. The lowest BCUT2D eigenvalue weighted by molar-refractivity contribution is 1.11. The molecule has 0 unspecified atom stereocenters. The van der Waals surface area contributed by atoms with Gasteiger partial charge in [-0.3, -0.25) is 4.40 Å². The van der Waals surface area contributed by atoms with E-state index < -0.39 is 0 Å². The van der Waals surface area contributed by atoms with Crippen molar-refractivity contribution in [3.05, 3.63) is 24.7 Å². The molecule has 2 heterocycles. The molecule has 0 aliphatic rings. The van der Waals surface area contributed by atoms with Gasteiger partial charge in [-0.2, -0.15) is 4.98 Å². The van der Waals surface area contributed by atoms with Crippen LogP contribution in [0.4, 0.5) is 5.82 Å². The van der Waals surface area contributed by atoms with E-state index in [9.17, 15) is 0 Å². The van der Waals surface area contributed by atoms with Crippen molar-refractivity contribution in [2.75, 3.05) is 5.73 Å². The van der Waals surface area contributed by atoms with Gasteiger partial charge >= 0.3 is 0 Å². The van der Waals surface area contributed by atoms with Crippen LogP contribution in [0.3, 0.4) is 0 Å². The Hall–Kier alpha value is -1.58. The van der Waals surface area contributed by atoms with Gasteiger partial charge in [-0.05, 0) is 6.07 Å². The Morgan fingerprint density at radius 1 is 1.40 bits per heavy atom. The van der Waals surface area contributed by atoms with Crippen molar-refractivity contribution in [1.29, 1.82) is 0 Å². The molecule has 0 aromatic carbocycles. The summed E-state index contributed by atoms with van der Waals surface area (Å²) in [6, 6.07) is 1.73. The minimum absolute atomic E-state index is 0.499. The lowest BCUT2D eigenvalue weighted by Crippen LogP contribution is -1.93. The third kappa shape index (κ3) is 0.621. The number of hydrogen-bond donors (Lipinski definition) is 1. The normalized spacial score (nSPS) is 10.4. The summed E-state index contributed by atoms with van der Waals surface area (Å²) in [5.41, 5.74) is 5.42. The van der Waals surface area contributed by atoms with Gasteiger partial charge < -0.3 is 5.73 Å². The molecule has 0 bridgehead atoms. The molecule has 0 atom stereocenters. The molecule has 0 aliphatic carbocycles. The zero-order valence-corrected chi connectivity index (χ0v) is 5.23. The van der Waals surface area contributed by atoms with Crippen LogP contribution in [0, 0.1) is 0 Å².